The van der Waals surface area contributed by atoms with E-state index < -0.39 is 23.8 Å². The number of hydrogen-bond acceptors (Lipinski definition) is 11. The van der Waals surface area contributed by atoms with E-state index in [1.165, 1.54) is 0 Å². The van der Waals surface area contributed by atoms with Crippen molar-refractivity contribution in [3.8, 4) is 28.4 Å². The first-order valence-electron chi connectivity index (χ1n) is 23.2. The number of allylic oxidation sites excluding steroid dienone is 1. The number of halogens is 1. The molecule has 1 amide bonds. The van der Waals surface area contributed by atoms with E-state index in [9.17, 15) is 20.1 Å². The summed E-state index contributed by atoms with van der Waals surface area (Å²) in [5.74, 6) is -0.277. The molecule has 352 valence electrons. The molecule has 1 aliphatic heterocycles. The van der Waals surface area contributed by atoms with Gasteiger partial charge in [0, 0.05) is 37.7 Å². The largest absolute Gasteiger partial charge is 0.459 e. The molecule has 12 nitrogen and oxygen atoms in total. The van der Waals surface area contributed by atoms with Crippen LogP contribution in [0.5, 0.6) is 17.2 Å². The molecule has 1 fully saturated rings. The number of ether oxygens (including phenoxy) is 5. The van der Waals surface area contributed by atoms with E-state index in [0.29, 0.717) is 35.8 Å². The number of benzene rings is 4. The molecule has 4 aromatic carbocycles. The summed E-state index contributed by atoms with van der Waals surface area (Å²) in [4.78, 5) is 22.2. The van der Waals surface area contributed by atoms with Gasteiger partial charge in [0.1, 0.15) is 36.5 Å². The van der Waals surface area contributed by atoms with Gasteiger partial charge in [-0.25, -0.2) is 4.79 Å². The van der Waals surface area contributed by atoms with Crippen molar-refractivity contribution in [2.45, 2.75) is 69.3 Å². The first kappa shape index (κ1) is 48.7. The van der Waals surface area contributed by atoms with Crippen LogP contribution in [0, 0.1) is 17.8 Å². The zero-order valence-corrected chi connectivity index (χ0v) is 38.3. The van der Waals surface area contributed by atoms with Crippen LogP contribution in [0.4, 0.5) is 4.79 Å². The molecule has 0 saturated heterocycles. The molecule has 13 heteroatoms. The van der Waals surface area contributed by atoms with Gasteiger partial charge in [0.05, 0.1) is 43.9 Å². The Labute approximate surface area is 393 Å². The average molecular weight is 924 g/mol. The molecule has 66 heavy (non-hydrogen) atoms. The van der Waals surface area contributed by atoms with Gasteiger partial charge in [-0.05, 0) is 90.1 Å². The van der Waals surface area contributed by atoms with Crippen molar-refractivity contribution in [1.29, 1.82) is 0 Å². The third-order valence-corrected chi connectivity index (χ3v) is 12.9. The van der Waals surface area contributed by atoms with E-state index in [-0.39, 0.29) is 89.5 Å². The van der Waals surface area contributed by atoms with Crippen LogP contribution < -0.4 is 9.47 Å². The van der Waals surface area contributed by atoms with E-state index in [2.05, 4.69) is 30.9 Å². The highest BCUT2D eigenvalue weighted by Crippen LogP contribution is 2.62. The van der Waals surface area contributed by atoms with Gasteiger partial charge < -0.3 is 43.8 Å². The maximum Gasteiger partial charge on any atom is 0.410 e. The molecule has 3 aliphatic rings. The summed E-state index contributed by atoms with van der Waals surface area (Å²) in [6.45, 7) is 4.56. The molecule has 0 aromatic heterocycles. The van der Waals surface area contributed by atoms with Crippen LogP contribution in [-0.4, -0.2) is 103 Å². The molecule has 1 heterocycles. The lowest BCUT2D eigenvalue weighted by atomic mass is 9.55. The maximum atomic E-state index is 14.4. The minimum atomic E-state index is -1.51. The third-order valence-electron chi connectivity index (χ3n) is 12.7. The lowest BCUT2D eigenvalue weighted by Crippen LogP contribution is -2.70. The number of fused-ring (bicyclic) bond motifs is 2. The van der Waals surface area contributed by atoms with E-state index >= 15 is 0 Å². The molecule has 0 spiro atoms. The highest BCUT2D eigenvalue weighted by molar-refractivity contribution is 6.18. The van der Waals surface area contributed by atoms with Crippen LogP contribution in [-0.2, 0) is 25.7 Å². The van der Waals surface area contributed by atoms with Gasteiger partial charge in [-0.3, -0.25) is 4.90 Å². The van der Waals surface area contributed by atoms with E-state index in [0.717, 1.165) is 53.5 Å². The van der Waals surface area contributed by atoms with Crippen LogP contribution >= 0.6 is 11.6 Å². The molecule has 0 radical (unpaired) electrons. The molecule has 7 rings (SSSR count). The second-order valence-corrected chi connectivity index (χ2v) is 17.2. The summed E-state index contributed by atoms with van der Waals surface area (Å²) in [5, 5.41) is 34.5. The summed E-state index contributed by atoms with van der Waals surface area (Å²) in [5.41, 5.74) is 5.62. The number of nitrogens with zero attached hydrogens (tertiary/aromatic N) is 2. The lowest BCUT2D eigenvalue weighted by Gasteiger charge is -2.59. The normalized spacial score (nSPS) is 22.3. The summed E-state index contributed by atoms with van der Waals surface area (Å²) in [6.07, 6.45) is 7.97. The van der Waals surface area contributed by atoms with Crippen molar-refractivity contribution >= 4 is 23.4 Å². The Kier molecular flexibility index (Phi) is 18.1. The summed E-state index contributed by atoms with van der Waals surface area (Å²) < 4.78 is 32.5. The zero-order chi connectivity index (χ0) is 46.1. The van der Waals surface area contributed by atoms with Gasteiger partial charge in [0.2, 0.25) is 5.79 Å². The number of rotatable bonds is 25. The number of aliphatic hydroxyl groups excluding tert-OH is 3. The zero-order valence-electron chi connectivity index (χ0n) is 37.6. The summed E-state index contributed by atoms with van der Waals surface area (Å²) in [6, 6.07) is 33.1. The summed E-state index contributed by atoms with van der Waals surface area (Å²) in [7, 11) is 0. The van der Waals surface area contributed by atoms with Crippen LogP contribution in [0.25, 0.3) is 11.1 Å². The van der Waals surface area contributed by atoms with Crippen LogP contribution in [0.2, 0.25) is 0 Å². The smallest absolute Gasteiger partial charge is 0.410 e. The number of amides is 1. The molecule has 3 N–H and O–H groups in total. The van der Waals surface area contributed by atoms with Gasteiger partial charge in [-0.2, -0.15) is 0 Å². The molecule has 0 unspecified atom stereocenters. The topological polar surface area (TPSA) is 149 Å². The lowest BCUT2D eigenvalue weighted by molar-refractivity contribution is -0.256. The minimum Gasteiger partial charge on any atom is -0.459 e. The quantitative estimate of drug-likeness (QED) is 0.0254. The monoisotopic (exact) mass is 922 g/mol. The molecule has 2 aliphatic carbocycles. The number of unbranched alkanes of at least 4 members (excludes halogenated alkanes) is 2. The van der Waals surface area contributed by atoms with Crippen LogP contribution in [0.3, 0.4) is 0 Å². The first-order valence-corrected chi connectivity index (χ1v) is 23.7. The second-order valence-electron chi connectivity index (χ2n) is 16.9. The Hall–Kier alpha value is -5.21. The molecule has 1 saturated carbocycles. The van der Waals surface area contributed by atoms with Crippen LogP contribution in [0.1, 0.15) is 62.0 Å². The predicted octanol–water partition coefficient (Wildman–Crippen LogP) is 9.67. The molecule has 6 atom stereocenters. The van der Waals surface area contributed by atoms with Crippen molar-refractivity contribution in [1.82, 2.24) is 4.90 Å². The van der Waals surface area contributed by atoms with Crippen molar-refractivity contribution in [2.75, 3.05) is 58.7 Å². The number of carbonyl (C=O) groups excluding carboxylic acids is 1. The van der Waals surface area contributed by atoms with Gasteiger partial charge >= 0.3 is 6.09 Å². The average Bonchev–Trinajstić information content (AvgIpc) is 3.35. The fourth-order valence-corrected chi connectivity index (χ4v) is 9.94. The van der Waals surface area contributed by atoms with E-state index in [1.807, 2.05) is 84.9 Å². The second kappa shape index (κ2) is 24.5. The van der Waals surface area contributed by atoms with Gasteiger partial charge in [-0.1, -0.05) is 103 Å². The van der Waals surface area contributed by atoms with E-state index in [1.54, 1.807) is 11.0 Å². The fourth-order valence-electron chi connectivity index (χ4n) is 9.87. The summed E-state index contributed by atoms with van der Waals surface area (Å²) >= 11 is 6.07. The standard InChI is InChI=1S/C53H63ClN2O10/c1-2-30-63-53-49(56(26-32-61-33-29-59)52(60)62-31-25-54)36-47(55-64-37-38-13-5-3-6-14-38)45-34-41(17-9-11-27-57)44(18-10-12-28-58)50(51(45)53)46-35-43(23-24-48(46)66-53)65-42-21-19-40(20-22-42)39-15-7-4-8-16-39/h2-8,13-16,19-24,34-35,41,44,49-51,57-59H,1,9-12,17-18,25-33,36-37H2/t41-,44+,49-,50+,51+,53+/m0/s1. The minimum absolute atomic E-state index is 0.00790. The number of aliphatic hydroxyl groups is 3. The number of alkyl halides is 1. The SMILES string of the molecule is C=CCO[C@@]12Oc3ccc(Oc4ccc(-c5ccccc5)cc4)cc3[C@H]3[C@H](CCCCO)[C@@H](CCCCO)C=C(C(=NOCc4ccccc4)C[C@@H]1N(CCOCCO)C(=O)OCCCl)[C@H]32. The highest BCUT2D eigenvalue weighted by atomic mass is 35.5. The Morgan fingerprint density at radius 2 is 1.56 bits per heavy atom. The third kappa shape index (κ3) is 11.7. The van der Waals surface area contributed by atoms with Crippen molar-refractivity contribution in [2.24, 2.45) is 22.9 Å². The molecule has 0 bridgehead atoms. The maximum absolute atomic E-state index is 14.4. The van der Waals surface area contributed by atoms with Crippen molar-refractivity contribution < 1.29 is 48.6 Å². The van der Waals surface area contributed by atoms with Gasteiger partial charge in [0.15, 0.2) is 0 Å². The van der Waals surface area contributed by atoms with Crippen LogP contribution in [0.15, 0.2) is 133 Å². The Balaban J connectivity index is 1.39. The molecule has 4 aromatic rings. The van der Waals surface area contributed by atoms with Gasteiger partial charge in [-0.15, -0.1) is 18.2 Å². The highest BCUT2D eigenvalue weighted by Gasteiger charge is 2.65. The number of oxime groups is 1. The van der Waals surface area contributed by atoms with Gasteiger partial charge in [0.25, 0.3) is 0 Å². The molecular formula is C53H63ClN2O10. The first-order chi connectivity index (χ1) is 32.4. The Morgan fingerprint density at radius 1 is 0.848 bits per heavy atom. The molecular weight excluding hydrogens is 860 g/mol. The Bertz CT molecular complexity index is 2210. The van der Waals surface area contributed by atoms with Crippen molar-refractivity contribution in [3.63, 3.8) is 0 Å². The number of hydrogen-bond donors (Lipinski definition) is 3. The predicted molar refractivity (Wildman–Crippen MR) is 255 cm³/mol. The Morgan fingerprint density at radius 3 is 2.27 bits per heavy atom. The number of carbonyl (C=O) groups is 1. The van der Waals surface area contributed by atoms with Crippen molar-refractivity contribution in [3.05, 3.63) is 139 Å². The van der Waals surface area contributed by atoms with E-state index in [4.69, 9.17) is 45.3 Å². The fraction of sp³-hybridized carbons (Fsp3) is 0.434.